The maximum atomic E-state index is 6.15. The lowest BCUT2D eigenvalue weighted by Gasteiger charge is -2.06. The molecule has 0 saturated heterocycles. The van der Waals surface area contributed by atoms with Crippen LogP contribution in [-0.2, 0) is 0 Å². The topological polar surface area (TPSA) is 20.7 Å². The van der Waals surface area contributed by atoms with Gasteiger partial charge in [-0.1, -0.05) is 27.5 Å². The highest BCUT2D eigenvalue weighted by Crippen LogP contribution is 2.28. The summed E-state index contributed by atoms with van der Waals surface area (Å²) in [6, 6.07) is 11.8. The predicted octanol–water partition coefficient (Wildman–Crippen LogP) is 5.87. The SMILES string of the molecule is S=c1[nH]c2ccc(Br)cc2n1-c1ccc(Br)c(Cl)c1. The number of nitrogens with one attached hydrogen (secondary N) is 1. The molecular formula is C13H7Br2ClN2S. The van der Waals surface area contributed by atoms with E-state index in [1.807, 2.05) is 41.0 Å². The molecule has 0 bridgehead atoms. The number of aromatic nitrogens is 2. The van der Waals surface area contributed by atoms with Crippen molar-refractivity contribution in [1.82, 2.24) is 9.55 Å². The number of nitrogens with zero attached hydrogens (tertiary/aromatic N) is 1. The molecule has 0 fully saturated rings. The Labute approximate surface area is 136 Å². The minimum Gasteiger partial charge on any atom is -0.330 e. The van der Waals surface area contributed by atoms with Crippen LogP contribution in [0.1, 0.15) is 0 Å². The summed E-state index contributed by atoms with van der Waals surface area (Å²) in [5, 5.41) is 0.656. The molecule has 6 heteroatoms. The van der Waals surface area contributed by atoms with Gasteiger partial charge in [0.1, 0.15) is 0 Å². The first kappa shape index (κ1) is 13.4. The fraction of sp³-hybridized carbons (Fsp3) is 0. The van der Waals surface area contributed by atoms with Gasteiger partial charge in [0.2, 0.25) is 0 Å². The van der Waals surface area contributed by atoms with Crippen LogP contribution in [0.15, 0.2) is 45.3 Å². The van der Waals surface area contributed by atoms with E-state index >= 15 is 0 Å². The molecule has 0 amide bonds. The Balaban J connectivity index is 2.35. The third kappa shape index (κ3) is 2.40. The van der Waals surface area contributed by atoms with Crippen molar-refractivity contribution in [2.75, 3.05) is 0 Å². The number of halogens is 3. The van der Waals surface area contributed by atoms with Gasteiger partial charge in [-0.05, 0) is 64.5 Å². The molecule has 96 valence electrons. The highest BCUT2D eigenvalue weighted by atomic mass is 79.9. The third-order valence-electron chi connectivity index (χ3n) is 2.81. The zero-order valence-corrected chi connectivity index (χ0v) is 14.2. The number of benzene rings is 2. The fourth-order valence-corrected chi connectivity index (χ4v) is 3.04. The van der Waals surface area contributed by atoms with E-state index < -0.39 is 0 Å². The molecule has 0 radical (unpaired) electrons. The molecule has 1 heterocycles. The number of H-pyrrole nitrogens is 1. The summed E-state index contributed by atoms with van der Waals surface area (Å²) in [7, 11) is 0. The van der Waals surface area contributed by atoms with Crippen LogP contribution >= 0.6 is 55.7 Å². The van der Waals surface area contributed by atoms with E-state index in [2.05, 4.69) is 36.8 Å². The van der Waals surface area contributed by atoms with E-state index in [0.717, 1.165) is 25.7 Å². The van der Waals surface area contributed by atoms with Gasteiger partial charge in [0.25, 0.3) is 0 Å². The molecule has 2 nitrogen and oxygen atoms in total. The van der Waals surface area contributed by atoms with Crippen LogP contribution in [0.2, 0.25) is 5.02 Å². The molecule has 0 aliphatic rings. The molecule has 2 aromatic carbocycles. The average Bonchev–Trinajstić information content (AvgIpc) is 2.68. The average molecular weight is 419 g/mol. The van der Waals surface area contributed by atoms with Crippen molar-refractivity contribution >= 4 is 66.7 Å². The van der Waals surface area contributed by atoms with Gasteiger partial charge < -0.3 is 4.98 Å². The van der Waals surface area contributed by atoms with E-state index in [-0.39, 0.29) is 0 Å². The van der Waals surface area contributed by atoms with Gasteiger partial charge in [0.05, 0.1) is 16.1 Å². The lowest BCUT2D eigenvalue weighted by molar-refractivity contribution is 1.06. The summed E-state index contributed by atoms with van der Waals surface area (Å²) >= 11 is 18.4. The van der Waals surface area contributed by atoms with Gasteiger partial charge in [0, 0.05) is 14.6 Å². The second kappa shape index (κ2) is 5.05. The molecule has 0 saturated carbocycles. The minimum atomic E-state index is 0.645. The quantitative estimate of drug-likeness (QED) is 0.491. The van der Waals surface area contributed by atoms with E-state index in [4.69, 9.17) is 23.8 Å². The zero-order chi connectivity index (χ0) is 13.6. The summed E-state index contributed by atoms with van der Waals surface area (Å²) in [5.74, 6) is 0. The third-order valence-corrected chi connectivity index (χ3v) is 4.82. The molecule has 0 unspecified atom stereocenters. The van der Waals surface area contributed by atoms with Gasteiger partial charge in [-0.25, -0.2) is 0 Å². The molecule has 19 heavy (non-hydrogen) atoms. The van der Waals surface area contributed by atoms with E-state index in [1.165, 1.54) is 0 Å². The molecule has 3 aromatic rings. The second-order valence-electron chi connectivity index (χ2n) is 4.03. The highest BCUT2D eigenvalue weighted by Gasteiger charge is 2.08. The Morgan fingerprint density at radius 1 is 1.11 bits per heavy atom. The lowest BCUT2D eigenvalue weighted by Crippen LogP contribution is -1.93. The van der Waals surface area contributed by atoms with Crippen molar-refractivity contribution in [2.45, 2.75) is 0 Å². The van der Waals surface area contributed by atoms with Crippen LogP contribution in [0, 0.1) is 4.77 Å². The summed E-state index contributed by atoms with van der Waals surface area (Å²) in [6.45, 7) is 0. The molecule has 1 aromatic heterocycles. The molecule has 0 aliphatic carbocycles. The fourth-order valence-electron chi connectivity index (χ4n) is 1.96. The van der Waals surface area contributed by atoms with Crippen LogP contribution in [0.3, 0.4) is 0 Å². The Hall–Kier alpha value is -0.620. The Kier molecular flexibility index (Phi) is 3.55. The number of aromatic amines is 1. The molecule has 1 N–H and O–H groups in total. The predicted molar refractivity (Wildman–Crippen MR) is 88.9 cm³/mol. The van der Waals surface area contributed by atoms with Crippen LogP contribution < -0.4 is 0 Å². The molecule has 0 aliphatic heterocycles. The van der Waals surface area contributed by atoms with Crippen LogP contribution in [0.25, 0.3) is 16.7 Å². The first-order valence-electron chi connectivity index (χ1n) is 5.42. The van der Waals surface area contributed by atoms with Crippen molar-refractivity contribution < 1.29 is 0 Å². The zero-order valence-electron chi connectivity index (χ0n) is 9.45. The van der Waals surface area contributed by atoms with Gasteiger partial charge in [-0.2, -0.15) is 0 Å². The molecule has 3 rings (SSSR count). The van der Waals surface area contributed by atoms with Gasteiger partial charge >= 0.3 is 0 Å². The van der Waals surface area contributed by atoms with E-state index in [9.17, 15) is 0 Å². The van der Waals surface area contributed by atoms with Crippen molar-refractivity contribution in [3.63, 3.8) is 0 Å². The van der Waals surface area contributed by atoms with Crippen LogP contribution in [0.4, 0.5) is 0 Å². The Morgan fingerprint density at radius 2 is 1.89 bits per heavy atom. The minimum absolute atomic E-state index is 0.645. The first-order chi connectivity index (χ1) is 9.06. The number of fused-ring (bicyclic) bond motifs is 1. The van der Waals surface area contributed by atoms with Crippen molar-refractivity contribution in [3.05, 3.63) is 55.1 Å². The standard InChI is InChI=1S/C13H7Br2ClN2S/c14-7-1-4-11-12(5-7)18(13(19)17-11)8-2-3-9(15)10(16)6-8/h1-6H,(H,17,19). The van der Waals surface area contributed by atoms with Crippen molar-refractivity contribution in [3.8, 4) is 5.69 Å². The van der Waals surface area contributed by atoms with Gasteiger partial charge in [-0.3, -0.25) is 4.57 Å². The van der Waals surface area contributed by atoms with Gasteiger partial charge in [-0.15, -0.1) is 0 Å². The second-order valence-corrected chi connectivity index (χ2v) is 6.59. The number of hydrogen-bond donors (Lipinski definition) is 1. The summed E-state index contributed by atoms with van der Waals surface area (Å²) in [6.07, 6.45) is 0. The smallest absolute Gasteiger partial charge is 0.182 e. The first-order valence-corrected chi connectivity index (χ1v) is 7.79. The summed E-state index contributed by atoms with van der Waals surface area (Å²) in [4.78, 5) is 3.19. The highest BCUT2D eigenvalue weighted by molar-refractivity contribution is 9.10. The monoisotopic (exact) mass is 416 g/mol. The van der Waals surface area contributed by atoms with Gasteiger partial charge in [0.15, 0.2) is 4.77 Å². The Bertz CT molecular complexity index is 838. The maximum absolute atomic E-state index is 6.15. The lowest BCUT2D eigenvalue weighted by atomic mass is 10.3. The molecular weight excluding hydrogens is 411 g/mol. The van der Waals surface area contributed by atoms with E-state index in [0.29, 0.717) is 9.79 Å². The summed E-state index contributed by atoms with van der Waals surface area (Å²) in [5.41, 5.74) is 2.94. The normalized spacial score (nSPS) is 11.1. The largest absolute Gasteiger partial charge is 0.330 e. The van der Waals surface area contributed by atoms with Crippen LogP contribution in [-0.4, -0.2) is 9.55 Å². The maximum Gasteiger partial charge on any atom is 0.182 e. The van der Waals surface area contributed by atoms with E-state index in [1.54, 1.807) is 0 Å². The van der Waals surface area contributed by atoms with Crippen LogP contribution in [0.5, 0.6) is 0 Å². The Morgan fingerprint density at radius 3 is 2.63 bits per heavy atom. The number of rotatable bonds is 1. The van der Waals surface area contributed by atoms with Crippen molar-refractivity contribution in [1.29, 1.82) is 0 Å². The summed E-state index contributed by atoms with van der Waals surface area (Å²) < 4.78 is 4.48. The number of hydrogen-bond acceptors (Lipinski definition) is 1. The molecule has 0 atom stereocenters. The number of imidazole rings is 1. The van der Waals surface area contributed by atoms with Crippen molar-refractivity contribution in [2.24, 2.45) is 0 Å². The molecule has 0 spiro atoms.